The summed E-state index contributed by atoms with van der Waals surface area (Å²) in [6.07, 6.45) is 0. The molecule has 1 saturated heterocycles. The summed E-state index contributed by atoms with van der Waals surface area (Å²) in [6.45, 7) is -0.517. The number of rotatable bonds is 2. The number of carboxylic acids is 1. The minimum Gasteiger partial charge on any atom is -0.480 e. The summed E-state index contributed by atoms with van der Waals surface area (Å²) in [4.78, 5) is 35.9. The van der Waals surface area contributed by atoms with E-state index in [4.69, 9.17) is 22.1 Å². The number of esters is 1. The fourth-order valence-corrected chi connectivity index (χ4v) is 3.31. The van der Waals surface area contributed by atoms with E-state index in [1.54, 1.807) is 24.3 Å². The fourth-order valence-electron chi connectivity index (χ4n) is 2.04. The maximum Gasteiger partial charge on any atom is 0.344 e. The van der Waals surface area contributed by atoms with Crippen LogP contribution < -0.4 is 0 Å². The third-order valence-corrected chi connectivity index (χ3v) is 4.36. The Bertz CT molecular complexity index is 740. The lowest BCUT2D eigenvalue weighted by atomic mass is 10.1. The van der Waals surface area contributed by atoms with Crippen molar-refractivity contribution in [3.63, 3.8) is 0 Å². The van der Waals surface area contributed by atoms with Crippen LogP contribution in [0.2, 0.25) is 0 Å². The van der Waals surface area contributed by atoms with Gasteiger partial charge >= 0.3 is 11.9 Å². The minimum atomic E-state index is -1.17. The van der Waals surface area contributed by atoms with Crippen molar-refractivity contribution in [2.24, 2.45) is 0 Å². The SMILES string of the molecule is O=C(O)CN1C(=O)/C(=C2/OC(=O)c3ccccc32)SC1=S. The number of ether oxygens (including phenoxy) is 1. The van der Waals surface area contributed by atoms with Gasteiger partial charge in [-0.05, 0) is 6.07 Å². The Kier molecular flexibility index (Phi) is 3.26. The largest absolute Gasteiger partial charge is 0.480 e. The zero-order valence-corrected chi connectivity index (χ0v) is 12.0. The molecule has 2 aliphatic heterocycles. The maximum absolute atomic E-state index is 12.3. The van der Waals surface area contributed by atoms with E-state index in [0.29, 0.717) is 11.1 Å². The molecule has 8 heteroatoms. The first kappa shape index (κ1) is 13.8. The Labute approximate surface area is 128 Å². The molecule has 21 heavy (non-hydrogen) atoms. The molecule has 0 aromatic heterocycles. The second kappa shape index (κ2) is 4.97. The van der Waals surface area contributed by atoms with E-state index in [1.807, 2.05) is 0 Å². The van der Waals surface area contributed by atoms with Gasteiger partial charge in [0.15, 0.2) is 5.76 Å². The molecule has 0 atom stereocenters. The standard InChI is InChI=1S/C13H7NO5S2/c15-8(16)5-14-11(17)10(21-13(14)20)9-6-3-1-2-4-7(6)12(18)19-9/h1-4H,5H2,(H,15,16)/b10-9-. The molecule has 6 nitrogen and oxygen atoms in total. The number of cyclic esters (lactones) is 1. The van der Waals surface area contributed by atoms with Crippen molar-refractivity contribution in [3.05, 3.63) is 40.3 Å². The summed E-state index contributed by atoms with van der Waals surface area (Å²) < 4.78 is 5.28. The minimum absolute atomic E-state index is 0.130. The molecule has 1 amide bonds. The lowest BCUT2D eigenvalue weighted by Gasteiger charge is -2.10. The first-order valence-corrected chi connectivity index (χ1v) is 7.03. The van der Waals surface area contributed by atoms with E-state index < -0.39 is 24.4 Å². The number of hydrogen-bond donors (Lipinski definition) is 1. The number of thioether (sulfide) groups is 1. The smallest absolute Gasteiger partial charge is 0.344 e. The molecule has 0 aliphatic carbocycles. The molecule has 2 heterocycles. The average molecular weight is 321 g/mol. The van der Waals surface area contributed by atoms with Gasteiger partial charge in [-0.1, -0.05) is 42.2 Å². The number of aliphatic carboxylic acids is 1. The van der Waals surface area contributed by atoms with Gasteiger partial charge in [-0.25, -0.2) is 4.79 Å². The highest BCUT2D eigenvalue weighted by molar-refractivity contribution is 8.26. The number of carboxylic acid groups (broad SMARTS) is 1. The molecule has 1 aromatic carbocycles. The summed E-state index contributed by atoms with van der Waals surface area (Å²) in [6, 6.07) is 6.68. The predicted molar refractivity (Wildman–Crippen MR) is 78.3 cm³/mol. The third-order valence-electron chi connectivity index (χ3n) is 2.94. The second-order valence-electron chi connectivity index (χ2n) is 4.25. The van der Waals surface area contributed by atoms with Gasteiger partial charge in [0.05, 0.1) is 5.56 Å². The van der Waals surface area contributed by atoms with E-state index in [9.17, 15) is 14.4 Å². The molecule has 0 radical (unpaired) electrons. The summed E-state index contributed by atoms with van der Waals surface area (Å²) in [5, 5.41) is 8.80. The van der Waals surface area contributed by atoms with Crippen LogP contribution in [-0.4, -0.2) is 38.7 Å². The number of amides is 1. The van der Waals surface area contributed by atoms with Gasteiger partial charge in [0.25, 0.3) is 5.91 Å². The van der Waals surface area contributed by atoms with E-state index in [1.165, 1.54) is 0 Å². The molecule has 0 spiro atoms. The van der Waals surface area contributed by atoms with Crippen LogP contribution in [0.15, 0.2) is 29.2 Å². The molecule has 0 unspecified atom stereocenters. The quantitative estimate of drug-likeness (QED) is 0.501. The Balaban J connectivity index is 2.06. The van der Waals surface area contributed by atoms with Crippen LogP contribution in [0, 0.1) is 0 Å². The van der Waals surface area contributed by atoms with Gasteiger partial charge in [-0.3, -0.25) is 14.5 Å². The van der Waals surface area contributed by atoms with Gasteiger partial charge in [-0.15, -0.1) is 0 Å². The van der Waals surface area contributed by atoms with Crippen molar-refractivity contribution < 1.29 is 24.2 Å². The average Bonchev–Trinajstić information content (AvgIpc) is 2.91. The number of hydrogen-bond acceptors (Lipinski definition) is 6. The van der Waals surface area contributed by atoms with Crippen LogP contribution in [0.25, 0.3) is 5.76 Å². The Morgan fingerprint density at radius 2 is 1.95 bits per heavy atom. The fraction of sp³-hybridized carbons (Fsp3) is 0.0769. The lowest BCUT2D eigenvalue weighted by Crippen LogP contribution is -2.33. The zero-order valence-electron chi connectivity index (χ0n) is 10.4. The summed E-state index contributed by atoms with van der Waals surface area (Å²) in [7, 11) is 0. The Hall–Kier alpha value is -2.19. The van der Waals surface area contributed by atoms with Gasteiger partial charge in [0, 0.05) is 5.56 Å². The number of carbonyl (C=O) groups excluding carboxylic acids is 2. The third kappa shape index (κ3) is 2.22. The molecule has 0 bridgehead atoms. The van der Waals surface area contributed by atoms with Gasteiger partial charge in [0.2, 0.25) is 0 Å². The van der Waals surface area contributed by atoms with Crippen molar-refractivity contribution in [1.82, 2.24) is 4.90 Å². The van der Waals surface area contributed by atoms with Crippen molar-refractivity contribution in [2.75, 3.05) is 6.54 Å². The normalized spacial score (nSPS) is 20.8. The highest BCUT2D eigenvalue weighted by Gasteiger charge is 2.40. The zero-order chi connectivity index (χ0) is 15.1. The van der Waals surface area contributed by atoms with E-state index in [0.717, 1.165) is 16.7 Å². The Morgan fingerprint density at radius 1 is 1.29 bits per heavy atom. The number of nitrogens with zero attached hydrogens (tertiary/aromatic N) is 1. The topological polar surface area (TPSA) is 83.9 Å². The van der Waals surface area contributed by atoms with E-state index in [2.05, 4.69) is 0 Å². The van der Waals surface area contributed by atoms with Gasteiger partial charge in [-0.2, -0.15) is 0 Å². The molecular formula is C13H7NO5S2. The van der Waals surface area contributed by atoms with E-state index >= 15 is 0 Å². The molecule has 106 valence electrons. The first-order chi connectivity index (χ1) is 9.99. The monoisotopic (exact) mass is 321 g/mol. The number of benzene rings is 1. The second-order valence-corrected chi connectivity index (χ2v) is 5.89. The highest BCUT2D eigenvalue weighted by atomic mass is 32.2. The number of fused-ring (bicyclic) bond motifs is 1. The Morgan fingerprint density at radius 3 is 2.62 bits per heavy atom. The molecule has 1 aromatic rings. The van der Waals surface area contributed by atoms with Crippen LogP contribution >= 0.6 is 24.0 Å². The van der Waals surface area contributed by atoms with Gasteiger partial charge in [0.1, 0.15) is 15.8 Å². The number of carbonyl (C=O) groups is 3. The summed E-state index contributed by atoms with van der Waals surface area (Å²) in [5.74, 6) is -2.13. The van der Waals surface area contributed by atoms with Crippen LogP contribution in [0.4, 0.5) is 0 Å². The van der Waals surface area contributed by atoms with Crippen LogP contribution in [0.1, 0.15) is 15.9 Å². The summed E-state index contributed by atoms with van der Waals surface area (Å²) in [5.41, 5.74) is 0.884. The molecular weight excluding hydrogens is 314 g/mol. The predicted octanol–water partition coefficient (Wildman–Crippen LogP) is 1.47. The van der Waals surface area contributed by atoms with Crippen molar-refractivity contribution in [2.45, 2.75) is 0 Å². The van der Waals surface area contributed by atoms with E-state index in [-0.39, 0.29) is 15.0 Å². The maximum atomic E-state index is 12.3. The number of thiocarbonyl (C=S) groups is 1. The first-order valence-electron chi connectivity index (χ1n) is 5.80. The van der Waals surface area contributed by atoms with Crippen molar-refractivity contribution in [1.29, 1.82) is 0 Å². The molecule has 0 saturated carbocycles. The molecule has 3 rings (SSSR count). The highest BCUT2D eigenvalue weighted by Crippen LogP contribution is 2.41. The molecule has 1 N–H and O–H groups in total. The van der Waals surface area contributed by atoms with Crippen LogP contribution in [-0.2, 0) is 14.3 Å². The molecule has 2 aliphatic rings. The van der Waals surface area contributed by atoms with Crippen LogP contribution in [0.5, 0.6) is 0 Å². The van der Waals surface area contributed by atoms with Gasteiger partial charge < -0.3 is 9.84 Å². The van der Waals surface area contributed by atoms with Crippen molar-refractivity contribution >= 4 is 51.9 Å². The summed E-state index contributed by atoms with van der Waals surface area (Å²) >= 11 is 5.94. The van der Waals surface area contributed by atoms with Crippen LogP contribution in [0.3, 0.4) is 0 Å². The molecule has 1 fully saturated rings. The van der Waals surface area contributed by atoms with Crippen molar-refractivity contribution in [3.8, 4) is 0 Å². The lowest BCUT2D eigenvalue weighted by molar-refractivity contribution is -0.140.